The number of carbonyl (C=O) groups excluding carboxylic acids is 3. The molecule has 0 saturated carbocycles. The average Bonchev–Trinajstić information content (AvgIpc) is 3.68. The van der Waals surface area contributed by atoms with E-state index in [-0.39, 0.29) is 35.1 Å². The van der Waals surface area contributed by atoms with E-state index in [1.54, 1.807) is 29.3 Å². The first kappa shape index (κ1) is 30.7. The molecule has 45 heavy (non-hydrogen) atoms. The molecule has 1 N–H and O–H groups in total. The van der Waals surface area contributed by atoms with Crippen LogP contribution in [0.1, 0.15) is 23.5 Å². The summed E-state index contributed by atoms with van der Waals surface area (Å²) in [5.74, 6) is -0.201. The Morgan fingerprint density at radius 1 is 1.18 bits per heavy atom. The minimum atomic E-state index is -0.858. The highest BCUT2D eigenvalue weighted by Gasteiger charge is 2.42. The van der Waals surface area contributed by atoms with Crippen LogP contribution in [0.4, 0.5) is 14.9 Å². The summed E-state index contributed by atoms with van der Waals surface area (Å²) in [6.45, 7) is 3.80. The number of benzene rings is 2. The molecule has 3 aliphatic heterocycles. The number of methoxy groups -OCH3 is 1. The highest BCUT2D eigenvalue weighted by Crippen LogP contribution is 2.37. The number of aromatic nitrogens is 1. The Morgan fingerprint density at radius 2 is 2.02 bits per heavy atom. The van der Waals surface area contributed by atoms with E-state index in [2.05, 4.69) is 15.2 Å². The third-order valence-electron chi connectivity index (χ3n) is 7.81. The summed E-state index contributed by atoms with van der Waals surface area (Å²) in [5.41, 5.74) is 1.98. The number of piperazine rings is 1. The monoisotopic (exact) mass is 652 g/mol. The fraction of sp³-hybridized carbons (Fsp3) is 0.323. The van der Waals surface area contributed by atoms with Crippen LogP contribution in [-0.4, -0.2) is 90.9 Å². The van der Waals surface area contributed by atoms with Gasteiger partial charge < -0.3 is 19.7 Å². The highest BCUT2D eigenvalue weighted by molar-refractivity contribution is 7.11. The number of Topliss-reactive ketones (excluding diaryl/α,β-unsaturated/α-hetero) is 1. The first-order valence-corrected chi connectivity index (χ1v) is 15.5. The molecule has 3 aromatic rings. The molecule has 4 heterocycles. The number of nitrogens with one attached hydrogen (secondary N) is 1. The van der Waals surface area contributed by atoms with Gasteiger partial charge in [0, 0.05) is 72.3 Å². The van der Waals surface area contributed by atoms with Crippen molar-refractivity contribution >= 4 is 52.2 Å². The molecule has 0 unspecified atom stereocenters. The summed E-state index contributed by atoms with van der Waals surface area (Å²) in [4.78, 5) is 53.0. The van der Waals surface area contributed by atoms with Crippen LogP contribution < -0.4 is 15.0 Å². The quantitative estimate of drug-likeness (QED) is 0.344. The number of amidine groups is 1. The van der Waals surface area contributed by atoms with Crippen molar-refractivity contribution in [3.63, 3.8) is 0 Å². The number of fused-ring (bicyclic) bond motifs is 1. The van der Waals surface area contributed by atoms with Crippen LogP contribution in [-0.2, 0) is 14.3 Å². The summed E-state index contributed by atoms with van der Waals surface area (Å²) in [5, 5.41) is 5.90. The molecule has 2 atom stereocenters. The van der Waals surface area contributed by atoms with Crippen molar-refractivity contribution in [2.45, 2.75) is 19.0 Å². The molecule has 0 aliphatic carbocycles. The summed E-state index contributed by atoms with van der Waals surface area (Å²) in [7, 11) is 1.30. The van der Waals surface area contributed by atoms with Crippen molar-refractivity contribution in [2.24, 2.45) is 4.99 Å². The number of rotatable bonds is 9. The maximum absolute atomic E-state index is 14.0. The Bertz CT molecular complexity index is 1700. The SMILES string of the molecule is COC(=O)C1=C(CN2CCN3C(=O)N(c4cccc(OCC(C)=O)c4)C[C@@H]3C2)NC(c2nccs2)=N[C@H]1c1ccc(F)cc1Cl. The Labute approximate surface area is 267 Å². The van der Waals surface area contributed by atoms with Crippen molar-refractivity contribution in [3.8, 4) is 5.75 Å². The van der Waals surface area contributed by atoms with Crippen LogP contribution in [0.3, 0.4) is 0 Å². The van der Waals surface area contributed by atoms with E-state index in [0.717, 1.165) is 0 Å². The zero-order chi connectivity index (χ0) is 31.7. The average molecular weight is 653 g/mol. The zero-order valence-electron chi connectivity index (χ0n) is 24.5. The Kier molecular flexibility index (Phi) is 8.83. The lowest BCUT2D eigenvalue weighted by Gasteiger charge is -2.38. The van der Waals surface area contributed by atoms with Gasteiger partial charge in [0.15, 0.2) is 16.6 Å². The van der Waals surface area contributed by atoms with E-state index < -0.39 is 17.8 Å². The van der Waals surface area contributed by atoms with Gasteiger partial charge in [0.25, 0.3) is 0 Å². The molecule has 0 radical (unpaired) electrons. The number of hydrogen-bond donors (Lipinski definition) is 1. The Morgan fingerprint density at radius 3 is 2.76 bits per heavy atom. The lowest BCUT2D eigenvalue weighted by Crippen LogP contribution is -2.53. The number of aliphatic imine (C=N–C) groups is 1. The lowest BCUT2D eigenvalue weighted by molar-refractivity contribution is -0.136. The lowest BCUT2D eigenvalue weighted by atomic mass is 9.95. The van der Waals surface area contributed by atoms with Gasteiger partial charge in [-0.1, -0.05) is 23.7 Å². The number of urea groups is 1. The van der Waals surface area contributed by atoms with Gasteiger partial charge in [0.1, 0.15) is 24.2 Å². The van der Waals surface area contributed by atoms with Gasteiger partial charge in [-0.2, -0.15) is 0 Å². The van der Waals surface area contributed by atoms with Crippen LogP contribution in [0, 0.1) is 5.82 Å². The molecule has 0 spiro atoms. The molecule has 0 bridgehead atoms. The second-order valence-corrected chi connectivity index (χ2v) is 12.2. The number of nitrogens with zero attached hydrogens (tertiary/aromatic N) is 5. The molecule has 234 valence electrons. The number of hydrogen-bond acceptors (Lipinski definition) is 10. The molecule has 2 amide bonds. The summed E-state index contributed by atoms with van der Waals surface area (Å²) in [6.07, 6.45) is 1.66. The van der Waals surface area contributed by atoms with Gasteiger partial charge in [-0.3, -0.25) is 19.6 Å². The van der Waals surface area contributed by atoms with E-state index >= 15 is 0 Å². The molecule has 11 nitrogen and oxygen atoms in total. The number of carbonyl (C=O) groups is 3. The molecular weight excluding hydrogens is 623 g/mol. The van der Waals surface area contributed by atoms with Gasteiger partial charge in [-0.15, -0.1) is 11.3 Å². The van der Waals surface area contributed by atoms with Crippen molar-refractivity contribution in [1.82, 2.24) is 20.1 Å². The fourth-order valence-corrected chi connectivity index (χ4v) is 6.61. The predicted octanol–water partition coefficient (Wildman–Crippen LogP) is 4.05. The molecule has 2 aromatic carbocycles. The van der Waals surface area contributed by atoms with Crippen LogP contribution >= 0.6 is 22.9 Å². The third-order valence-corrected chi connectivity index (χ3v) is 8.92. The van der Waals surface area contributed by atoms with Crippen molar-refractivity contribution < 1.29 is 28.2 Å². The second-order valence-electron chi connectivity index (χ2n) is 10.9. The van der Waals surface area contributed by atoms with E-state index in [1.807, 2.05) is 16.3 Å². The van der Waals surface area contributed by atoms with Gasteiger partial charge in [0.2, 0.25) is 0 Å². The summed E-state index contributed by atoms with van der Waals surface area (Å²) < 4.78 is 24.7. The van der Waals surface area contributed by atoms with Gasteiger partial charge in [0.05, 0.1) is 18.7 Å². The molecule has 3 aliphatic rings. The molecule has 1 aromatic heterocycles. The molecule has 6 rings (SSSR count). The number of esters is 1. The van der Waals surface area contributed by atoms with Gasteiger partial charge in [-0.25, -0.2) is 19.0 Å². The maximum atomic E-state index is 14.0. The minimum Gasteiger partial charge on any atom is -0.486 e. The van der Waals surface area contributed by atoms with Crippen LogP contribution in [0.25, 0.3) is 0 Å². The number of thiazole rings is 1. The molecular formula is C31H30ClFN6O5S. The van der Waals surface area contributed by atoms with Crippen LogP contribution in [0.15, 0.2) is 70.3 Å². The Hall–Kier alpha value is -4.33. The van der Waals surface area contributed by atoms with Crippen LogP contribution in [0.5, 0.6) is 5.75 Å². The van der Waals surface area contributed by atoms with E-state index in [9.17, 15) is 18.8 Å². The van der Waals surface area contributed by atoms with Crippen molar-refractivity contribution in [3.05, 3.63) is 86.7 Å². The third kappa shape index (κ3) is 6.42. The van der Waals surface area contributed by atoms with Gasteiger partial charge >= 0.3 is 12.0 Å². The van der Waals surface area contributed by atoms with Crippen molar-refractivity contribution in [2.75, 3.05) is 51.3 Å². The fourth-order valence-electron chi connectivity index (χ4n) is 5.75. The summed E-state index contributed by atoms with van der Waals surface area (Å²) in [6, 6.07) is 10.1. The van der Waals surface area contributed by atoms with Crippen molar-refractivity contribution in [1.29, 1.82) is 0 Å². The second kappa shape index (κ2) is 13.0. The van der Waals surface area contributed by atoms with E-state index in [4.69, 9.17) is 26.1 Å². The standard InChI is InChI=1S/C31H30ClFN6O5S/c1-18(40)17-44-22-5-3-4-20(13-22)39-15-21-14-37(9-10-38(21)31(39)42)16-25-26(30(41)43-2)27(23-7-6-19(33)12-24(23)32)36-28(35-25)29-34-8-11-45-29/h3-8,11-13,21,27H,9-10,14-17H2,1-2H3,(H,35,36)/t21-,27-/m0/s1. The first-order chi connectivity index (χ1) is 21.7. The smallest absolute Gasteiger partial charge is 0.338 e. The largest absolute Gasteiger partial charge is 0.486 e. The molecule has 14 heteroatoms. The number of ether oxygens (including phenoxy) is 2. The first-order valence-electron chi connectivity index (χ1n) is 14.3. The molecule has 2 fully saturated rings. The predicted molar refractivity (Wildman–Crippen MR) is 167 cm³/mol. The number of halogens is 2. The number of amides is 2. The normalized spacial score (nSPS) is 20.1. The minimum absolute atomic E-state index is 0.0399. The maximum Gasteiger partial charge on any atom is 0.338 e. The number of anilines is 1. The number of ketones is 1. The van der Waals surface area contributed by atoms with Crippen LogP contribution in [0.2, 0.25) is 5.02 Å². The van der Waals surface area contributed by atoms with Gasteiger partial charge in [-0.05, 0) is 31.2 Å². The topological polar surface area (TPSA) is 117 Å². The van der Waals surface area contributed by atoms with E-state index in [1.165, 1.54) is 43.6 Å². The zero-order valence-corrected chi connectivity index (χ0v) is 26.1. The Balaban J connectivity index is 1.26. The van der Waals surface area contributed by atoms with E-state index in [0.29, 0.717) is 66.3 Å². The molecule has 2 saturated heterocycles. The highest BCUT2D eigenvalue weighted by atomic mass is 35.5. The summed E-state index contributed by atoms with van der Waals surface area (Å²) >= 11 is 7.86.